The van der Waals surface area contributed by atoms with E-state index in [9.17, 15) is 0 Å². The number of thiophene rings is 1. The number of rotatable bonds is 1. The maximum Gasteiger partial charge on any atom is 0.223 e. The molecule has 2 aromatic heterocycles. The van der Waals surface area contributed by atoms with Gasteiger partial charge in [-0.15, -0.1) is 11.3 Å². The molecule has 0 aliphatic rings. The zero-order valence-electron chi connectivity index (χ0n) is 14.7. The number of fused-ring (bicyclic) bond motifs is 6. The lowest BCUT2D eigenvalue weighted by Crippen LogP contribution is -1.91. The molecule has 0 unspecified atom stereocenters. The molecule has 0 radical (unpaired) electrons. The predicted octanol–water partition coefficient (Wildman–Crippen LogP) is 7.47. The van der Waals surface area contributed by atoms with E-state index in [1.807, 2.05) is 35.6 Å². The third-order valence-corrected chi connectivity index (χ3v) is 6.51. The van der Waals surface area contributed by atoms with Crippen molar-refractivity contribution in [2.75, 3.05) is 0 Å². The molecule has 28 heavy (non-hydrogen) atoms. The second kappa shape index (κ2) is 5.99. The molecule has 4 heteroatoms. The molecule has 0 fully saturated rings. The molecule has 0 N–H and O–H groups in total. The standard InChI is InChI=1S/C24H13ClN2S/c25-24-26-19-8-4-3-7-17(19)23(27-24)15-10-11-20-18(13-15)22-16-6-2-1-5-14(16)9-12-21(22)28-20/h1-13H. The highest BCUT2D eigenvalue weighted by Crippen LogP contribution is 2.40. The van der Waals surface area contributed by atoms with Gasteiger partial charge in [0, 0.05) is 31.1 Å². The first-order chi connectivity index (χ1) is 13.8. The van der Waals surface area contributed by atoms with Gasteiger partial charge in [0.05, 0.1) is 11.2 Å². The van der Waals surface area contributed by atoms with Gasteiger partial charge in [0.1, 0.15) is 0 Å². The Bertz CT molecular complexity index is 1530. The van der Waals surface area contributed by atoms with Crippen LogP contribution >= 0.6 is 22.9 Å². The van der Waals surface area contributed by atoms with E-state index >= 15 is 0 Å². The van der Waals surface area contributed by atoms with Crippen LogP contribution in [0.3, 0.4) is 0 Å². The van der Waals surface area contributed by atoms with Crippen molar-refractivity contribution in [3.63, 3.8) is 0 Å². The summed E-state index contributed by atoms with van der Waals surface area (Å²) in [6.07, 6.45) is 0. The number of hydrogen-bond donors (Lipinski definition) is 0. The monoisotopic (exact) mass is 396 g/mol. The van der Waals surface area contributed by atoms with Crippen molar-refractivity contribution in [1.82, 2.24) is 9.97 Å². The Kier molecular flexibility index (Phi) is 3.42. The lowest BCUT2D eigenvalue weighted by atomic mass is 10.0. The molecule has 0 aliphatic carbocycles. The zero-order valence-corrected chi connectivity index (χ0v) is 16.3. The average molecular weight is 397 g/mol. The molecule has 0 saturated heterocycles. The molecule has 0 saturated carbocycles. The number of benzene rings is 4. The summed E-state index contributed by atoms with van der Waals surface area (Å²) in [4.78, 5) is 8.92. The molecular formula is C24H13ClN2S. The summed E-state index contributed by atoms with van der Waals surface area (Å²) in [5.41, 5.74) is 2.79. The molecule has 132 valence electrons. The fourth-order valence-corrected chi connectivity index (χ4v) is 5.24. The van der Waals surface area contributed by atoms with Crippen molar-refractivity contribution in [1.29, 1.82) is 0 Å². The van der Waals surface area contributed by atoms with Gasteiger partial charge in [-0.25, -0.2) is 9.97 Å². The zero-order chi connectivity index (χ0) is 18.7. The number of halogens is 1. The summed E-state index contributed by atoms with van der Waals surface area (Å²) >= 11 is 8.05. The molecule has 0 spiro atoms. The molecule has 0 bridgehead atoms. The summed E-state index contributed by atoms with van der Waals surface area (Å²) in [6.45, 7) is 0. The quantitative estimate of drug-likeness (QED) is 0.269. The van der Waals surface area contributed by atoms with E-state index in [1.54, 1.807) is 0 Å². The highest BCUT2D eigenvalue weighted by molar-refractivity contribution is 7.26. The highest BCUT2D eigenvalue weighted by atomic mass is 35.5. The fourth-order valence-electron chi connectivity index (χ4n) is 3.96. The maximum atomic E-state index is 6.22. The van der Waals surface area contributed by atoms with Crippen LogP contribution in [-0.2, 0) is 0 Å². The van der Waals surface area contributed by atoms with Gasteiger partial charge in [0.2, 0.25) is 5.28 Å². The van der Waals surface area contributed by atoms with E-state index in [1.165, 1.54) is 30.9 Å². The first kappa shape index (κ1) is 16.0. The minimum atomic E-state index is 0.273. The van der Waals surface area contributed by atoms with Gasteiger partial charge >= 0.3 is 0 Å². The van der Waals surface area contributed by atoms with E-state index in [0.29, 0.717) is 0 Å². The minimum Gasteiger partial charge on any atom is -0.218 e. The molecule has 6 rings (SSSR count). The summed E-state index contributed by atoms with van der Waals surface area (Å²) in [5, 5.41) is 6.40. The normalized spacial score (nSPS) is 11.8. The molecule has 0 aliphatic heterocycles. The Hall–Kier alpha value is -3.01. The van der Waals surface area contributed by atoms with Crippen molar-refractivity contribution < 1.29 is 0 Å². The lowest BCUT2D eigenvalue weighted by Gasteiger charge is -2.07. The van der Waals surface area contributed by atoms with Crippen LogP contribution in [-0.4, -0.2) is 9.97 Å². The van der Waals surface area contributed by atoms with E-state index in [2.05, 4.69) is 64.6 Å². The molecule has 0 atom stereocenters. The molecule has 4 aromatic carbocycles. The van der Waals surface area contributed by atoms with E-state index < -0.39 is 0 Å². The van der Waals surface area contributed by atoms with Crippen LogP contribution in [0.1, 0.15) is 0 Å². The SMILES string of the molecule is Clc1nc(-c2ccc3sc4ccc5ccccc5c4c3c2)c2ccccc2n1. The number of nitrogens with zero attached hydrogens (tertiary/aromatic N) is 2. The van der Waals surface area contributed by atoms with Gasteiger partial charge in [0.25, 0.3) is 0 Å². The van der Waals surface area contributed by atoms with Gasteiger partial charge < -0.3 is 0 Å². The van der Waals surface area contributed by atoms with Crippen molar-refractivity contribution in [2.45, 2.75) is 0 Å². The van der Waals surface area contributed by atoms with Crippen LogP contribution in [0.15, 0.2) is 78.9 Å². The highest BCUT2D eigenvalue weighted by Gasteiger charge is 2.13. The Labute approximate surface area is 170 Å². The predicted molar refractivity (Wildman–Crippen MR) is 120 cm³/mol. The minimum absolute atomic E-state index is 0.273. The topological polar surface area (TPSA) is 25.8 Å². The number of aromatic nitrogens is 2. The molecule has 2 heterocycles. The van der Waals surface area contributed by atoms with Gasteiger partial charge in [0.15, 0.2) is 0 Å². The van der Waals surface area contributed by atoms with Crippen LogP contribution < -0.4 is 0 Å². The summed E-state index contributed by atoms with van der Waals surface area (Å²) in [5.74, 6) is 0. The summed E-state index contributed by atoms with van der Waals surface area (Å²) in [6, 6.07) is 27.5. The Morgan fingerprint density at radius 2 is 1.46 bits per heavy atom. The van der Waals surface area contributed by atoms with Crippen molar-refractivity contribution in [3.05, 3.63) is 84.1 Å². The van der Waals surface area contributed by atoms with Crippen LogP contribution in [0.2, 0.25) is 5.28 Å². The van der Waals surface area contributed by atoms with Crippen LogP contribution in [0.4, 0.5) is 0 Å². The third kappa shape index (κ3) is 2.34. The van der Waals surface area contributed by atoms with Crippen molar-refractivity contribution in [3.8, 4) is 11.3 Å². The van der Waals surface area contributed by atoms with Crippen molar-refractivity contribution in [2.24, 2.45) is 0 Å². The second-order valence-electron chi connectivity index (χ2n) is 6.83. The van der Waals surface area contributed by atoms with Gasteiger partial charge in [-0.3, -0.25) is 0 Å². The smallest absolute Gasteiger partial charge is 0.218 e. The van der Waals surface area contributed by atoms with Crippen LogP contribution in [0.25, 0.3) is 53.1 Å². The van der Waals surface area contributed by atoms with Crippen LogP contribution in [0.5, 0.6) is 0 Å². The third-order valence-electron chi connectivity index (χ3n) is 5.21. The lowest BCUT2D eigenvalue weighted by molar-refractivity contribution is 1.23. The summed E-state index contributed by atoms with van der Waals surface area (Å²) < 4.78 is 2.58. The Morgan fingerprint density at radius 1 is 0.679 bits per heavy atom. The molecule has 2 nitrogen and oxygen atoms in total. The average Bonchev–Trinajstić information content (AvgIpc) is 3.11. The van der Waals surface area contributed by atoms with Crippen LogP contribution in [0, 0.1) is 0 Å². The Balaban J connectivity index is 1.72. The molecule has 6 aromatic rings. The van der Waals surface area contributed by atoms with Crippen molar-refractivity contribution >= 4 is 64.8 Å². The number of para-hydroxylation sites is 1. The Morgan fingerprint density at radius 3 is 2.39 bits per heavy atom. The summed E-state index contributed by atoms with van der Waals surface area (Å²) in [7, 11) is 0. The van der Waals surface area contributed by atoms with E-state index in [0.717, 1.165) is 22.2 Å². The fraction of sp³-hybridized carbons (Fsp3) is 0. The first-order valence-corrected chi connectivity index (χ1v) is 10.2. The van der Waals surface area contributed by atoms with Gasteiger partial charge in [-0.1, -0.05) is 54.6 Å². The van der Waals surface area contributed by atoms with E-state index in [4.69, 9.17) is 11.6 Å². The van der Waals surface area contributed by atoms with Gasteiger partial charge in [-0.2, -0.15) is 0 Å². The second-order valence-corrected chi connectivity index (χ2v) is 8.25. The molecular weight excluding hydrogens is 384 g/mol. The van der Waals surface area contributed by atoms with E-state index in [-0.39, 0.29) is 5.28 Å². The van der Waals surface area contributed by atoms with Gasteiger partial charge in [-0.05, 0) is 46.6 Å². The number of hydrogen-bond acceptors (Lipinski definition) is 3. The largest absolute Gasteiger partial charge is 0.223 e. The first-order valence-electron chi connectivity index (χ1n) is 9.05. The maximum absolute atomic E-state index is 6.22. The molecule has 0 amide bonds.